The zero-order valence-electron chi connectivity index (χ0n) is 18.5. The van der Waals surface area contributed by atoms with Crippen molar-refractivity contribution >= 4 is 23.5 Å². The van der Waals surface area contributed by atoms with Gasteiger partial charge in [0.05, 0.1) is 6.04 Å². The van der Waals surface area contributed by atoms with Gasteiger partial charge in [-0.05, 0) is 22.7 Å². The molecule has 3 amide bonds. The number of nitrogens with one attached hydrogen (secondary N) is 2. The van der Waals surface area contributed by atoms with Crippen molar-refractivity contribution in [3.63, 3.8) is 0 Å². The van der Waals surface area contributed by atoms with Gasteiger partial charge in [0, 0.05) is 13.1 Å². The molecular weight excluding hydrogens is 384 g/mol. The molecule has 5 atom stereocenters. The fourth-order valence-electron chi connectivity index (χ4n) is 4.23. The first-order valence-corrected chi connectivity index (χ1v) is 10.2. The van der Waals surface area contributed by atoms with Crippen molar-refractivity contribution in [1.82, 2.24) is 15.5 Å². The van der Waals surface area contributed by atoms with Gasteiger partial charge >= 0.3 is 0 Å². The molecule has 1 saturated carbocycles. The molecule has 1 heterocycles. The number of ketones is 1. The number of Topliss-reactive ketones (excluding diaryl/α,β-unsaturated/α-hetero) is 1. The molecule has 8 heteroatoms. The topological polar surface area (TPSA) is 122 Å². The summed E-state index contributed by atoms with van der Waals surface area (Å²) in [5.41, 5.74) is 5.63. The van der Waals surface area contributed by atoms with Gasteiger partial charge in [0.2, 0.25) is 17.6 Å². The van der Waals surface area contributed by atoms with E-state index in [4.69, 9.17) is 5.73 Å². The average Bonchev–Trinajstić information content (AvgIpc) is 3.03. The van der Waals surface area contributed by atoms with Crippen LogP contribution in [0.4, 0.5) is 0 Å². The Labute approximate surface area is 178 Å². The van der Waals surface area contributed by atoms with Crippen molar-refractivity contribution in [2.24, 2.45) is 28.4 Å². The zero-order valence-corrected chi connectivity index (χ0v) is 18.5. The Bertz CT molecular complexity index is 768. The van der Waals surface area contributed by atoms with Crippen molar-refractivity contribution in [2.75, 3.05) is 13.1 Å². The predicted molar refractivity (Wildman–Crippen MR) is 114 cm³/mol. The van der Waals surface area contributed by atoms with Crippen LogP contribution < -0.4 is 16.4 Å². The Morgan fingerprint density at radius 2 is 1.83 bits per heavy atom. The van der Waals surface area contributed by atoms with Crippen LogP contribution >= 0.6 is 0 Å². The maximum absolute atomic E-state index is 13.2. The number of hydrogen-bond acceptors (Lipinski definition) is 5. The molecule has 0 aromatic heterocycles. The minimum absolute atomic E-state index is 0.0243. The van der Waals surface area contributed by atoms with Gasteiger partial charge < -0.3 is 21.3 Å². The van der Waals surface area contributed by atoms with Crippen LogP contribution in [0.3, 0.4) is 0 Å². The number of carbonyl (C=O) groups is 4. The van der Waals surface area contributed by atoms with Gasteiger partial charge in [0.25, 0.3) is 5.91 Å². The second-order valence-corrected chi connectivity index (χ2v) is 9.82. The first-order chi connectivity index (χ1) is 13.8. The standard InChI is InChI=1S/C22H34N4O4/c1-8-10-24-19(29)16(27)13(9-2)25-18(28)15-14-12(22(14,6)7)11-26(15)20(30)17(23)21(3,4)5/h8-9,12-15,17H,1-2,10-11,23H2,3-7H3,(H,24,29)(H,25,28)/t12-,13?,14-,15-,17+/m0/s1. The Hall–Kier alpha value is -2.48. The fraction of sp³-hybridized carbons (Fsp3) is 0.636. The van der Waals surface area contributed by atoms with Gasteiger partial charge in [-0.25, -0.2) is 0 Å². The van der Waals surface area contributed by atoms with E-state index in [0.717, 1.165) is 0 Å². The lowest BCUT2D eigenvalue weighted by Crippen LogP contribution is -2.58. The molecule has 1 aliphatic carbocycles. The molecule has 0 radical (unpaired) electrons. The third-order valence-corrected chi connectivity index (χ3v) is 6.41. The Morgan fingerprint density at radius 1 is 1.23 bits per heavy atom. The molecule has 1 saturated heterocycles. The molecule has 1 aliphatic heterocycles. The smallest absolute Gasteiger partial charge is 0.290 e. The molecule has 0 bridgehead atoms. The van der Waals surface area contributed by atoms with Crippen LogP contribution in [0.1, 0.15) is 34.6 Å². The maximum Gasteiger partial charge on any atom is 0.290 e. The molecule has 30 heavy (non-hydrogen) atoms. The largest absolute Gasteiger partial charge is 0.346 e. The monoisotopic (exact) mass is 418 g/mol. The van der Waals surface area contributed by atoms with Crippen LogP contribution in [0.2, 0.25) is 0 Å². The predicted octanol–water partition coefficient (Wildman–Crippen LogP) is 0.385. The van der Waals surface area contributed by atoms with Crippen LogP contribution in [-0.2, 0) is 19.2 Å². The molecule has 0 aromatic carbocycles. The van der Waals surface area contributed by atoms with Crippen LogP contribution in [0, 0.1) is 22.7 Å². The number of likely N-dealkylation sites (tertiary alicyclic amines) is 1. The number of nitrogens with zero attached hydrogens (tertiary/aromatic N) is 1. The third kappa shape index (κ3) is 4.33. The number of nitrogens with two attached hydrogens (primary N) is 1. The Morgan fingerprint density at radius 3 is 2.33 bits per heavy atom. The van der Waals surface area contributed by atoms with E-state index in [-0.39, 0.29) is 29.7 Å². The molecule has 0 spiro atoms. The average molecular weight is 419 g/mol. The van der Waals surface area contributed by atoms with E-state index in [9.17, 15) is 19.2 Å². The quantitative estimate of drug-likeness (QED) is 0.389. The van der Waals surface area contributed by atoms with Crippen molar-refractivity contribution in [2.45, 2.75) is 52.7 Å². The molecule has 2 fully saturated rings. The minimum atomic E-state index is -1.18. The van der Waals surface area contributed by atoms with Crippen molar-refractivity contribution < 1.29 is 19.2 Å². The molecule has 4 N–H and O–H groups in total. The molecular formula is C22H34N4O4. The summed E-state index contributed by atoms with van der Waals surface area (Å²) in [6.07, 6.45) is 2.66. The first kappa shape index (κ1) is 23.8. The van der Waals surface area contributed by atoms with E-state index in [2.05, 4.69) is 37.6 Å². The van der Waals surface area contributed by atoms with Crippen molar-refractivity contribution in [1.29, 1.82) is 0 Å². The number of piperidine rings is 1. The summed E-state index contributed by atoms with van der Waals surface area (Å²) in [5, 5.41) is 4.99. The SMILES string of the molecule is C=CCNC(=O)C(=O)C(C=C)NC(=O)[C@@H]1[C@@H]2[C@H](CN1C(=O)[C@@H](N)C(C)(C)C)C2(C)C. The van der Waals surface area contributed by atoms with E-state index < -0.39 is 41.1 Å². The number of amides is 3. The number of carbonyl (C=O) groups excluding carboxylic acids is 4. The second kappa shape index (κ2) is 8.34. The lowest BCUT2D eigenvalue weighted by atomic mass is 9.86. The maximum atomic E-state index is 13.2. The van der Waals surface area contributed by atoms with E-state index in [0.29, 0.717) is 6.54 Å². The van der Waals surface area contributed by atoms with Crippen molar-refractivity contribution in [3.8, 4) is 0 Å². The van der Waals surface area contributed by atoms with Gasteiger partial charge in [0.1, 0.15) is 12.1 Å². The first-order valence-electron chi connectivity index (χ1n) is 10.2. The summed E-state index contributed by atoms with van der Waals surface area (Å²) in [4.78, 5) is 52.1. The summed E-state index contributed by atoms with van der Waals surface area (Å²) in [5.74, 6) is -2.25. The van der Waals surface area contributed by atoms with Crippen LogP contribution in [0.15, 0.2) is 25.3 Å². The molecule has 2 aliphatic rings. The summed E-state index contributed by atoms with van der Waals surface area (Å²) < 4.78 is 0. The highest BCUT2D eigenvalue weighted by Crippen LogP contribution is 2.65. The molecule has 0 aromatic rings. The zero-order chi connectivity index (χ0) is 23.0. The molecule has 2 rings (SSSR count). The second-order valence-electron chi connectivity index (χ2n) is 9.82. The minimum Gasteiger partial charge on any atom is -0.346 e. The van der Waals surface area contributed by atoms with E-state index in [1.807, 2.05) is 20.8 Å². The third-order valence-electron chi connectivity index (χ3n) is 6.41. The summed E-state index contributed by atoms with van der Waals surface area (Å²) in [6, 6.07) is -2.68. The fourth-order valence-corrected chi connectivity index (χ4v) is 4.23. The van der Waals surface area contributed by atoms with Gasteiger partial charge in [-0.3, -0.25) is 19.2 Å². The van der Waals surface area contributed by atoms with Crippen LogP contribution in [-0.4, -0.2) is 59.6 Å². The van der Waals surface area contributed by atoms with Crippen LogP contribution in [0.25, 0.3) is 0 Å². The van der Waals surface area contributed by atoms with Gasteiger partial charge in [0.15, 0.2) is 0 Å². The highest BCUT2D eigenvalue weighted by atomic mass is 16.2. The van der Waals surface area contributed by atoms with E-state index in [1.165, 1.54) is 17.1 Å². The van der Waals surface area contributed by atoms with Crippen molar-refractivity contribution in [3.05, 3.63) is 25.3 Å². The number of hydrogen-bond donors (Lipinski definition) is 3. The molecule has 8 nitrogen and oxygen atoms in total. The lowest BCUT2D eigenvalue weighted by molar-refractivity contribution is -0.144. The number of fused-ring (bicyclic) bond motifs is 1. The summed E-state index contributed by atoms with van der Waals surface area (Å²) >= 11 is 0. The molecule has 166 valence electrons. The summed E-state index contributed by atoms with van der Waals surface area (Å²) in [6.45, 7) is 17.4. The summed E-state index contributed by atoms with van der Waals surface area (Å²) in [7, 11) is 0. The van der Waals surface area contributed by atoms with Gasteiger partial charge in [-0.15, -0.1) is 13.2 Å². The van der Waals surface area contributed by atoms with Crippen LogP contribution in [0.5, 0.6) is 0 Å². The van der Waals surface area contributed by atoms with E-state index in [1.54, 1.807) is 0 Å². The lowest BCUT2D eigenvalue weighted by Gasteiger charge is -2.35. The Kier molecular flexibility index (Phi) is 6.61. The highest BCUT2D eigenvalue weighted by molar-refractivity contribution is 6.39. The van der Waals surface area contributed by atoms with Gasteiger partial charge in [-0.2, -0.15) is 0 Å². The Balaban J connectivity index is 2.20. The highest BCUT2D eigenvalue weighted by Gasteiger charge is 2.69. The van der Waals surface area contributed by atoms with Gasteiger partial charge in [-0.1, -0.05) is 46.8 Å². The normalized spacial score (nSPS) is 26.1. The molecule has 1 unspecified atom stereocenters. The number of rotatable bonds is 8. The van der Waals surface area contributed by atoms with E-state index >= 15 is 0 Å².